The lowest BCUT2D eigenvalue weighted by molar-refractivity contribution is 0.122. The standard InChI is InChI=1S/C27H29FN6O3S/c1-4-29-27-33-24(17-13-19(35-2)16-20(14-17)36-3)25(38-27)22-7-8-30-26(32-22)31-18-5-6-23(21(28)15-18)34-9-11-37-12-10-34/h5-8,13-16H,4,9-12H2,1-3H3,(H,29,33)(H,30,31,32). The smallest absolute Gasteiger partial charge is 0.227 e. The van der Waals surface area contributed by atoms with Crippen LogP contribution < -0.4 is 25.0 Å². The first-order valence-corrected chi connectivity index (χ1v) is 13.1. The zero-order valence-electron chi connectivity index (χ0n) is 21.5. The molecular weight excluding hydrogens is 507 g/mol. The van der Waals surface area contributed by atoms with Gasteiger partial charge in [-0.15, -0.1) is 0 Å². The van der Waals surface area contributed by atoms with E-state index in [9.17, 15) is 4.39 Å². The average molecular weight is 537 g/mol. The number of thiazole rings is 1. The normalized spacial score (nSPS) is 13.3. The van der Waals surface area contributed by atoms with Crippen LogP contribution in [0.1, 0.15) is 6.92 Å². The molecule has 1 fully saturated rings. The molecule has 198 valence electrons. The van der Waals surface area contributed by atoms with Crippen LogP contribution in [0.2, 0.25) is 0 Å². The molecule has 9 nitrogen and oxygen atoms in total. The number of halogens is 1. The van der Waals surface area contributed by atoms with Crippen molar-refractivity contribution in [2.24, 2.45) is 0 Å². The lowest BCUT2D eigenvalue weighted by Crippen LogP contribution is -2.36. The van der Waals surface area contributed by atoms with Crippen molar-refractivity contribution in [3.63, 3.8) is 0 Å². The molecule has 11 heteroatoms. The van der Waals surface area contributed by atoms with Gasteiger partial charge in [-0.3, -0.25) is 0 Å². The molecule has 0 unspecified atom stereocenters. The zero-order valence-corrected chi connectivity index (χ0v) is 22.3. The summed E-state index contributed by atoms with van der Waals surface area (Å²) in [5, 5.41) is 7.20. The Hall–Kier alpha value is -3.96. The Morgan fingerprint density at radius 1 is 1.03 bits per heavy atom. The number of anilines is 4. The van der Waals surface area contributed by atoms with Crippen LogP contribution in [0, 0.1) is 5.82 Å². The van der Waals surface area contributed by atoms with Crippen molar-refractivity contribution in [2.75, 3.05) is 62.6 Å². The molecule has 2 aromatic carbocycles. The third-order valence-electron chi connectivity index (χ3n) is 6.02. The van der Waals surface area contributed by atoms with Crippen LogP contribution in [0.15, 0.2) is 48.7 Å². The highest BCUT2D eigenvalue weighted by molar-refractivity contribution is 7.19. The van der Waals surface area contributed by atoms with Gasteiger partial charge in [0.25, 0.3) is 0 Å². The second kappa shape index (κ2) is 11.6. The van der Waals surface area contributed by atoms with Gasteiger partial charge in [0.2, 0.25) is 5.95 Å². The number of methoxy groups -OCH3 is 2. The number of nitrogens with one attached hydrogen (secondary N) is 2. The molecule has 1 aliphatic rings. The average Bonchev–Trinajstić information content (AvgIpc) is 3.38. The number of hydrogen-bond acceptors (Lipinski definition) is 10. The Bertz CT molecular complexity index is 1390. The largest absolute Gasteiger partial charge is 0.497 e. The molecule has 0 aliphatic carbocycles. The van der Waals surface area contributed by atoms with Crippen LogP contribution in [0.25, 0.3) is 21.8 Å². The van der Waals surface area contributed by atoms with Crippen LogP contribution >= 0.6 is 11.3 Å². The number of ether oxygens (including phenoxy) is 3. The van der Waals surface area contributed by atoms with Crippen molar-refractivity contribution in [1.82, 2.24) is 15.0 Å². The molecule has 3 heterocycles. The van der Waals surface area contributed by atoms with E-state index in [-0.39, 0.29) is 5.82 Å². The van der Waals surface area contributed by atoms with Gasteiger partial charge in [-0.05, 0) is 43.3 Å². The van der Waals surface area contributed by atoms with Gasteiger partial charge in [-0.1, -0.05) is 11.3 Å². The highest BCUT2D eigenvalue weighted by Gasteiger charge is 2.19. The monoisotopic (exact) mass is 536 g/mol. The van der Waals surface area contributed by atoms with Gasteiger partial charge < -0.3 is 29.7 Å². The summed E-state index contributed by atoms with van der Waals surface area (Å²) < 4.78 is 31.2. The fraction of sp³-hybridized carbons (Fsp3) is 0.296. The van der Waals surface area contributed by atoms with Crippen LogP contribution in [-0.2, 0) is 4.74 Å². The van der Waals surface area contributed by atoms with Gasteiger partial charge in [0, 0.05) is 43.1 Å². The number of hydrogen-bond donors (Lipinski definition) is 2. The maximum atomic E-state index is 14.9. The fourth-order valence-electron chi connectivity index (χ4n) is 4.18. The summed E-state index contributed by atoms with van der Waals surface area (Å²) in [6, 6.07) is 12.5. The first-order valence-electron chi connectivity index (χ1n) is 12.3. The predicted octanol–water partition coefficient (Wildman–Crippen LogP) is 5.44. The Balaban J connectivity index is 1.46. The molecule has 0 bridgehead atoms. The molecule has 0 atom stereocenters. The summed E-state index contributed by atoms with van der Waals surface area (Å²) in [5.41, 5.74) is 3.39. The van der Waals surface area contributed by atoms with E-state index in [0.717, 1.165) is 27.8 Å². The quantitative estimate of drug-likeness (QED) is 0.290. The molecule has 2 N–H and O–H groups in total. The molecule has 0 spiro atoms. The van der Waals surface area contributed by atoms with Crippen molar-refractivity contribution >= 4 is 33.8 Å². The number of benzene rings is 2. The van der Waals surface area contributed by atoms with Gasteiger partial charge in [0.15, 0.2) is 5.13 Å². The minimum absolute atomic E-state index is 0.306. The van der Waals surface area contributed by atoms with Crippen molar-refractivity contribution in [1.29, 1.82) is 0 Å². The summed E-state index contributed by atoms with van der Waals surface area (Å²) in [7, 11) is 3.23. The lowest BCUT2D eigenvalue weighted by Gasteiger charge is -2.29. The number of aromatic nitrogens is 3. The van der Waals surface area contributed by atoms with Crippen LogP contribution in [0.3, 0.4) is 0 Å². The van der Waals surface area contributed by atoms with Crippen molar-refractivity contribution in [2.45, 2.75) is 6.92 Å². The number of morpholine rings is 1. The lowest BCUT2D eigenvalue weighted by atomic mass is 10.1. The third kappa shape index (κ3) is 5.63. The van der Waals surface area contributed by atoms with Crippen molar-refractivity contribution in [3.8, 4) is 33.3 Å². The highest BCUT2D eigenvalue weighted by Crippen LogP contribution is 2.40. The molecule has 5 rings (SSSR count). The molecular formula is C27H29FN6O3S. The predicted molar refractivity (Wildman–Crippen MR) is 149 cm³/mol. The van der Waals surface area contributed by atoms with E-state index in [1.54, 1.807) is 26.5 Å². The topological polar surface area (TPSA) is 93.7 Å². The highest BCUT2D eigenvalue weighted by atomic mass is 32.1. The number of nitrogens with zero attached hydrogens (tertiary/aromatic N) is 4. The molecule has 2 aromatic heterocycles. The summed E-state index contributed by atoms with van der Waals surface area (Å²) in [5.74, 6) is 1.38. The van der Waals surface area contributed by atoms with E-state index >= 15 is 0 Å². The minimum Gasteiger partial charge on any atom is -0.497 e. The molecule has 0 radical (unpaired) electrons. The van der Waals surface area contributed by atoms with Gasteiger partial charge in [0.05, 0.1) is 49.4 Å². The van der Waals surface area contributed by atoms with E-state index in [2.05, 4.69) is 15.6 Å². The SMILES string of the molecule is CCNc1nc(-c2cc(OC)cc(OC)c2)c(-c2ccnc(Nc3ccc(N4CCOCC4)c(F)c3)n2)s1. The van der Waals surface area contributed by atoms with Gasteiger partial charge in [-0.2, -0.15) is 0 Å². The molecule has 0 saturated carbocycles. The molecule has 4 aromatic rings. The molecule has 38 heavy (non-hydrogen) atoms. The fourth-order valence-corrected chi connectivity index (χ4v) is 5.21. The van der Waals surface area contributed by atoms with Crippen LogP contribution in [0.4, 0.5) is 26.8 Å². The van der Waals surface area contributed by atoms with Crippen LogP contribution in [0.5, 0.6) is 11.5 Å². The minimum atomic E-state index is -0.306. The van der Waals surface area contributed by atoms with Gasteiger partial charge in [0.1, 0.15) is 17.3 Å². The molecule has 0 amide bonds. The van der Waals surface area contributed by atoms with E-state index in [1.165, 1.54) is 17.4 Å². The van der Waals surface area contributed by atoms with Crippen molar-refractivity contribution < 1.29 is 18.6 Å². The molecule has 1 aliphatic heterocycles. The van der Waals surface area contributed by atoms with E-state index < -0.39 is 0 Å². The summed E-state index contributed by atoms with van der Waals surface area (Å²) in [4.78, 5) is 16.8. The maximum absolute atomic E-state index is 14.9. The van der Waals surface area contributed by atoms with E-state index in [0.29, 0.717) is 60.8 Å². The van der Waals surface area contributed by atoms with Crippen molar-refractivity contribution in [3.05, 3.63) is 54.5 Å². The maximum Gasteiger partial charge on any atom is 0.227 e. The zero-order chi connectivity index (χ0) is 26.5. The van der Waals surface area contributed by atoms with Crippen LogP contribution in [-0.4, -0.2) is 62.0 Å². The number of rotatable bonds is 9. The first-order chi connectivity index (χ1) is 18.6. The second-order valence-corrected chi connectivity index (χ2v) is 9.48. The summed E-state index contributed by atoms with van der Waals surface area (Å²) >= 11 is 1.50. The van der Waals surface area contributed by atoms with E-state index in [1.807, 2.05) is 42.2 Å². The van der Waals surface area contributed by atoms with Gasteiger partial charge >= 0.3 is 0 Å². The Morgan fingerprint density at radius 3 is 2.47 bits per heavy atom. The summed E-state index contributed by atoms with van der Waals surface area (Å²) in [6.45, 7) is 5.28. The Morgan fingerprint density at radius 2 is 1.79 bits per heavy atom. The molecule has 1 saturated heterocycles. The Labute approximate surface area is 224 Å². The second-order valence-electron chi connectivity index (χ2n) is 8.48. The summed E-state index contributed by atoms with van der Waals surface area (Å²) in [6.07, 6.45) is 1.67. The third-order valence-corrected chi connectivity index (χ3v) is 7.06. The van der Waals surface area contributed by atoms with Gasteiger partial charge in [-0.25, -0.2) is 19.3 Å². The van der Waals surface area contributed by atoms with E-state index in [4.69, 9.17) is 24.2 Å². The Kier molecular flexibility index (Phi) is 7.85. The first kappa shape index (κ1) is 25.7.